The monoisotopic (exact) mass is 626 g/mol. The largest absolute Gasteiger partial charge is 0.379 e. The van der Waals surface area contributed by atoms with Crippen molar-refractivity contribution in [2.45, 2.75) is 24.7 Å². The summed E-state index contributed by atoms with van der Waals surface area (Å²) in [6.07, 6.45) is 4.31. The number of amides is 3. The van der Waals surface area contributed by atoms with Crippen LogP contribution in [0.1, 0.15) is 39.1 Å². The van der Waals surface area contributed by atoms with E-state index in [1.807, 2.05) is 19.1 Å². The van der Waals surface area contributed by atoms with Gasteiger partial charge in [0.05, 0.1) is 22.4 Å². The molecule has 0 N–H and O–H groups in total. The fourth-order valence-electron chi connectivity index (χ4n) is 4.86. The van der Waals surface area contributed by atoms with Crippen molar-refractivity contribution in [1.29, 1.82) is 0 Å². The first-order valence-corrected chi connectivity index (χ1v) is 15.1. The Morgan fingerprint density at radius 2 is 1.50 bits per heavy atom. The minimum Gasteiger partial charge on any atom is -0.379 e. The topological polar surface area (TPSA) is 118 Å². The highest BCUT2D eigenvalue weighted by atomic mass is 35.5. The fourth-order valence-corrected chi connectivity index (χ4v) is 6.28. The van der Waals surface area contributed by atoms with Crippen LogP contribution in [-0.2, 0) is 19.7 Å². The molecule has 0 bridgehead atoms. The number of rotatable bonds is 8. The molecule has 5 rings (SSSR count). The molecule has 0 aromatic heterocycles. The molecule has 2 aliphatic rings. The lowest BCUT2D eigenvalue weighted by atomic mass is 9.85. The predicted molar refractivity (Wildman–Crippen MR) is 154 cm³/mol. The van der Waals surface area contributed by atoms with Crippen LogP contribution in [0.4, 0.5) is 0 Å². The molecule has 3 aromatic carbocycles. The molecule has 3 amide bonds. The Hall–Kier alpha value is -3.99. The van der Waals surface area contributed by atoms with Gasteiger partial charge in [-0.1, -0.05) is 53.1 Å². The van der Waals surface area contributed by atoms with Gasteiger partial charge in [0, 0.05) is 10.6 Å². The molecule has 1 fully saturated rings. The standard InChI is InChI=1S/C30H24Cl2N2O7S/c1-18-6-13-22(14-7-18)42(39,40)41-21-11-8-19(9-12-21)27(35)17-33(28(36)25-15-10-20(31)16-26(25)32)34-29(37)23-4-2-3-5-24(23)30(34)38/h2-3,6-16,23-24H,4-5,17H2,1H3/t23-,24-/m0/s1. The lowest BCUT2D eigenvalue weighted by Crippen LogP contribution is -2.52. The molecule has 0 radical (unpaired) electrons. The average molecular weight is 628 g/mol. The second-order valence-corrected chi connectivity index (χ2v) is 12.3. The van der Waals surface area contributed by atoms with Crippen LogP contribution in [0.2, 0.25) is 10.0 Å². The van der Waals surface area contributed by atoms with E-state index in [1.54, 1.807) is 12.1 Å². The van der Waals surface area contributed by atoms with Crippen LogP contribution in [0.5, 0.6) is 5.75 Å². The zero-order valence-electron chi connectivity index (χ0n) is 22.2. The Kier molecular flexibility index (Phi) is 8.23. The predicted octanol–water partition coefficient (Wildman–Crippen LogP) is 5.26. The summed E-state index contributed by atoms with van der Waals surface area (Å²) >= 11 is 12.2. The summed E-state index contributed by atoms with van der Waals surface area (Å²) in [6, 6.07) is 15.5. The summed E-state index contributed by atoms with van der Waals surface area (Å²) in [6.45, 7) is 1.16. The molecule has 12 heteroatoms. The number of benzene rings is 3. The minimum absolute atomic E-state index is 0.0144. The zero-order chi connectivity index (χ0) is 30.2. The van der Waals surface area contributed by atoms with Crippen LogP contribution in [0.15, 0.2) is 83.8 Å². The molecule has 0 saturated carbocycles. The number of aryl methyl sites for hydroxylation is 1. The second kappa shape index (κ2) is 11.7. The van der Waals surface area contributed by atoms with Gasteiger partial charge in [-0.15, -0.1) is 0 Å². The lowest BCUT2D eigenvalue weighted by molar-refractivity contribution is -0.154. The molecule has 2 atom stereocenters. The van der Waals surface area contributed by atoms with Crippen molar-refractivity contribution in [3.63, 3.8) is 0 Å². The third-order valence-electron chi connectivity index (χ3n) is 7.11. The fraction of sp³-hybridized carbons (Fsp3) is 0.200. The normalized spacial score (nSPS) is 18.1. The smallest absolute Gasteiger partial charge is 0.339 e. The first-order chi connectivity index (χ1) is 20.0. The van der Waals surface area contributed by atoms with Crippen molar-refractivity contribution in [3.05, 3.63) is 106 Å². The first-order valence-electron chi connectivity index (χ1n) is 12.9. The number of ketones is 1. The molecule has 0 spiro atoms. The highest BCUT2D eigenvalue weighted by Crippen LogP contribution is 2.37. The number of hydrogen-bond acceptors (Lipinski definition) is 7. The number of carbonyl (C=O) groups excluding carboxylic acids is 4. The van der Waals surface area contributed by atoms with Crippen molar-refractivity contribution in [1.82, 2.24) is 10.0 Å². The summed E-state index contributed by atoms with van der Waals surface area (Å²) in [4.78, 5) is 53.7. The number of allylic oxidation sites excluding steroid dienone is 2. The number of fused-ring (bicyclic) bond motifs is 1. The van der Waals surface area contributed by atoms with Crippen LogP contribution in [-0.4, -0.2) is 48.5 Å². The van der Waals surface area contributed by atoms with E-state index in [-0.39, 0.29) is 31.8 Å². The first kappa shape index (κ1) is 29.5. The quantitative estimate of drug-likeness (QED) is 0.145. The van der Waals surface area contributed by atoms with Crippen molar-refractivity contribution >= 4 is 56.8 Å². The molecule has 0 unspecified atom stereocenters. The summed E-state index contributed by atoms with van der Waals surface area (Å²) in [5, 5.41) is 1.82. The van der Waals surface area contributed by atoms with Gasteiger partial charge in [0.2, 0.25) is 0 Å². The summed E-state index contributed by atoms with van der Waals surface area (Å²) in [5.41, 5.74) is 0.927. The van der Waals surface area contributed by atoms with Crippen molar-refractivity contribution in [2.75, 3.05) is 6.54 Å². The zero-order valence-corrected chi connectivity index (χ0v) is 24.5. The maximum absolute atomic E-state index is 13.7. The van der Waals surface area contributed by atoms with Crippen LogP contribution in [0.3, 0.4) is 0 Å². The SMILES string of the molecule is Cc1ccc(S(=O)(=O)Oc2ccc(C(=O)CN(C(=O)c3ccc(Cl)cc3Cl)N3C(=O)[C@H]4CC=CC[C@@H]4C3=O)cc2)cc1. The number of hydrogen-bond donors (Lipinski definition) is 0. The Labute approximate surface area is 252 Å². The molecule has 1 heterocycles. The Balaban J connectivity index is 1.40. The van der Waals surface area contributed by atoms with Crippen molar-refractivity contribution < 1.29 is 31.8 Å². The molecule has 1 aliphatic heterocycles. The minimum atomic E-state index is -4.11. The van der Waals surface area contributed by atoms with Gasteiger partial charge in [-0.25, -0.2) is 5.01 Å². The number of carbonyl (C=O) groups is 4. The van der Waals surface area contributed by atoms with E-state index < -0.39 is 52.0 Å². The number of nitrogens with zero attached hydrogens (tertiary/aromatic N) is 2. The number of Topliss-reactive ketones (excluding diaryl/α,β-unsaturated/α-hetero) is 1. The second-order valence-electron chi connectivity index (χ2n) is 9.93. The van der Waals surface area contributed by atoms with E-state index in [9.17, 15) is 27.6 Å². The van der Waals surface area contributed by atoms with Gasteiger partial charge in [-0.2, -0.15) is 13.4 Å². The van der Waals surface area contributed by atoms with E-state index in [4.69, 9.17) is 27.4 Å². The molecule has 216 valence electrons. The van der Waals surface area contributed by atoms with Gasteiger partial charge in [0.1, 0.15) is 17.2 Å². The maximum atomic E-state index is 13.7. The third kappa shape index (κ3) is 5.83. The van der Waals surface area contributed by atoms with E-state index in [2.05, 4.69) is 0 Å². The summed E-state index contributed by atoms with van der Waals surface area (Å²) in [7, 11) is -4.11. The Bertz CT molecular complexity index is 1700. The lowest BCUT2D eigenvalue weighted by Gasteiger charge is -2.30. The van der Waals surface area contributed by atoms with E-state index in [0.717, 1.165) is 15.6 Å². The molecule has 3 aromatic rings. The van der Waals surface area contributed by atoms with Gasteiger partial charge in [0.15, 0.2) is 5.78 Å². The van der Waals surface area contributed by atoms with Gasteiger partial charge < -0.3 is 4.18 Å². The highest BCUT2D eigenvalue weighted by Gasteiger charge is 2.51. The summed E-state index contributed by atoms with van der Waals surface area (Å²) < 4.78 is 30.4. The molecular formula is C30H24Cl2N2O7S. The van der Waals surface area contributed by atoms with Gasteiger partial charge in [-0.3, -0.25) is 19.2 Å². The van der Waals surface area contributed by atoms with Crippen LogP contribution in [0, 0.1) is 18.8 Å². The Morgan fingerprint density at radius 1 is 0.905 bits per heavy atom. The van der Waals surface area contributed by atoms with Crippen LogP contribution in [0.25, 0.3) is 0 Å². The maximum Gasteiger partial charge on any atom is 0.339 e. The van der Waals surface area contributed by atoms with Gasteiger partial charge in [0.25, 0.3) is 17.7 Å². The van der Waals surface area contributed by atoms with E-state index >= 15 is 0 Å². The van der Waals surface area contributed by atoms with E-state index in [1.165, 1.54) is 54.6 Å². The molecule has 42 heavy (non-hydrogen) atoms. The van der Waals surface area contributed by atoms with Crippen LogP contribution >= 0.6 is 23.2 Å². The average Bonchev–Trinajstić information content (AvgIpc) is 3.21. The number of hydrazine groups is 1. The van der Waals surface area contributed by atoms with Crippen molar-refractivity contribution in [3.8, 4) is 5.75 Å². The molecular weight excluding hydrogens is 603 g/mol. The number of imide groups is 1. The molecule has 9 nitrogen and oxygen atoms in total. The molecule has 1 saturated heterocycles. The highest BCUT2D eigenvalue weighted by molar-refractivity contribution is 7.87. The molecule has 1 aliphatic carbocycles. The van der Waals surface area contributed by atoms with Gasteiger partial charge in [-0.05, 0) is 74.4 Å². The Morgan fingerprint density at radius 3 is 2.07 bits per heavy atom. The van der Waals surface area contributed by atoms with E-state index in [0.29, 0.717) is 12.8 Å². The summed E-state index contributed by atoms with van der Waals surface area (Å²) in [5.74, 6) is -3.91. The van der Waals surface area contributed by atoms with Gasteiger partial charge >= 0.3 is 10.1 Å². The number of halogens is 2. The van der Waals surface area contributed by atoms with Crippen molar-refractivity contribution in [2.24, 2.45) is 11.8 Å². The third-order valence-corrected chi connectivity index (χ3v) is 8.92. The van der Waals surface area contributed by atoms with Crippen LogP contribution < -0.4 is 4.18 Å².